The van der Waals surface area contributed by atoms with Gasteiger partial charge in [0.05, 0.1) is 18.2 Å². The van der Waals surface area contributed by atoms with Crippen molar-refractivity contribution in [2.45, 2.75) is 26.4 Å². The predicted octanol–water partition coefficient (Wildman–Crippen LogP) is 2.44. The molecule has 1 atom stereocenters. The summed E-state index contributed by atoms with van der Waals surface area (Å²) in [6.45, 7) is 3.92. The van der Waals surface area contributed by atoms with Crippen LogP contribution >= 0.6 is 23.8 Å². The van der Waals surface area contributed by atoms with E-state index in [4.69, 9.17) is 33.3 Å². The zero-order chi connectivity index (χ0) is 17.9. The van der Waals surface area contributed by atoms with Crippen molar-refractivity contribution in [2.75, 3.05) is 7.11 Å². The van der Waals surface area contributed by atoms with Crippen LogP contribution in [0.15, 0.2) is 17.7 Å². The smallest absolute Gasteiger partial charge is 0.263 e. The Kier molecular flexibility index (Phi) is 5.80. The average molecular weight is 369 g/mol. The van der Waals surface area contributed by atoms with Gasteiger partial charge in [-0.1, -0.05) is 18.5 Å². The highest BCUT2D eigenvalue weighted by atomic mass is 35.5. The van der Waals surface area contributed by atoms with Crippen LogP contribution in [0.2, 0.25) is 5.02 Å². The van der Waals surface area contributed by atoms with Crippen LogP contribution in [0.5, 0.6) is 11.5 Å². The Morgan fingerprint density at radius 3 is 2.46 bits per heavy atom. The van der Waals surface area contributed by atoms with Gasteiger partial charge in [0.2, 0.25) is 0 Å². The normalized spacial score (nSPS) is 15.5. The van der Waals surface area contributed by atoms with Crippen molar-refractivity contribution in [1.82, 2.24) is 10.6 Å². The second-order valence-corrected chi connectivity index (χ2v) is 5.98. The summed E-state index contributed by atoms with van der Waals surface area (Å²) >= 11 is 11.0. The number of halogens is 1. The van der Waals surface area contributed by atoms with E-state index in [2.05, 4.69) is 10.6 Å². The van der Waals surface area contributed by atoms with E-state index in [1.807, 2.05) is 13.8 Å². The van der Waals surface area contributed by atoms with Crippen LogP contribution in [-0.2, 0) is 9.59 Å². The maximum atomic E-state index is 11.9. The number of nitrogens with one attached hydrogen (secondary N) is 2. The average Bonchev–Trinajstić information content (AvgIpc) is 2.52. The second kappa shape index (κ2) is 7.63. The van der Waals surface area contributed by atoms with Gasteiger partial charge in [-0.15, -0.1) is 0 Å². The number of methoxy groups -OCH3 is 1. The highest BCUT2D eigenvalue weighted by molar-refractivity contribution is 7.80. The van der Waals surface area contributed by atoms with Crippen molar-refractivity contribution in [3.8, 4) is 11.5 Å². The summed E-state index contributed by atoms with van der Waals surface area (Å²) in [5, 5.41) is 5.05. The molecule has 0 radical (unpaired) electrons. The molecule has 2 amide bonds. The third-order valence-electron chi connectivity index (χ3n) is 3.40. The summed E-state index contributed by atoms with van der Waals surface area (Å²) in [6.07, 6.45) is 2.19. The molecule has 1 aliphatic rings. The Bertz CT molecular complexity index is 711. The molecular formula is C16H17ClN2O4S. The molecule has 24 heavy (non-hydrogen) atoms. The quantitative estimate of drug-likeness (QED) is 0.474. The maximum Gasteiger partial charge on any atom is 0.263 e. The van der Waals surface area contributed by atoms with Crippen LogP contribution in [0, 0.1) is 0 Å². The molecule has 2 rings (SSSR count). The summed E-state index contributed by atoms with van der Waals surface area (Å²) in [7, 11) is 1.49. The molecular weight excluding hydrogens is 352 g/mol. The van der Waals surface area contributed by atoms with E-state index in [0.717, 1.165) is 6.42 Å². The summed E-state index contributed by atoms with van der Waals surface area (Å²) in [5.41, 5.74) is 0.457. The Hall–Kier alpha value is -2.12. The largest absolute Gasteiger partial charge is 0.493 e. The van der Waals surface area contributed by atoms with Crippen molar-refractivity contribution in [1.29, 1.82) is 0 Å². The molecule has 0 unspecified atom stereocenters. The van der Waals surface area contributed by atoms with Crippen molar-refractivity contribution < 1.29 is 19.1 Å². The minimum Gasteiger partial charge on any atom is -0.493 e. The number of benzene rings is 1. The minimum absolute atomic E-state index is 0.0185. The first-order chi connectivity index (χ1) is 11.3. The van der Waals surface area contributed by atoms with E-state index in [0.29, 0.717) is 22.1 Å². The third kappa shape index (κ3) is 4.04. The van der Waals surface area contributed by atoms with E-state index in [-0.39, 0.29) is 16.8 Å². The Morgan fingerprint density at radius 2 is 1.92 bits per heavy atom. The van der Waals surface area contributed by atoms with E-state index in [1.165, 1.54) is 13.2 Å². The van der Waals surface area contributed by atoms with Gasteiger partial charge in [-0.05, 0) is 49.3 Å². The summed E-state index contributed by atoms with van der Waals surface area (Å²) in [5.74, 6) is -0.297. The molecule has 1 aromatic carbocycles. The Balaban J connectivity index is 2.40. The molecule has 1 aliphatic heterocycles. The first kappa shape index (κ1) is 18.2. The first-order valence-electron chi connectivity index (χ1n) is 7.28. The summed E-state index contributed by atoms with van der Waals surface area (Å²) in [4.78, 5) is 23.8. The topological polar surface area (TPSA) is 76.7 Å². The summed E-state index contributed by atoms with van der Waals surface area (Å²) in [6, 6.07) is 3.24. The lowest BCUT2D eigenvalue weighted by Crippen LogP contribution is -2.51. The molecule has 8 heteroatoms. The molecule has 1 saturated heterocycles. The van der Waals surface area contributed by atoms with E-state index in [1.54, 1.807) is 12.1 Å². The van der Waals surface area contributed by atoms with E-state index >= 15 is 0 Å². The third-order valence-corrected chi connectivity index (χ3v) is 3.88. The number of ether oxygens (including phenoxy) is 2. The standard InChI is InChI=1S/C16H17ClN2O4S/c1-4-8(2)23-13-11(17)6-9(7-12(13)22-3)5-10-14(20)18-16(24)19-15(10)21/h5-8H,4H2,1-3H3,(H2,18,19,20,21,24)/t8-/m1/s1. The van der Waals surface area contributed by atoms with Crippen LogP contribution < -0.4 is 20.1 Å². The molecule has 2 N–H and O–H groups in total. The lowest BCUT2D eigenvalue weighted by Gasteiger charge is -2.18. The fraction of sp³-hybridized carbons (Fsp3) is 0.312. The van der Waals surface area contributed by atoms with Crippen LogP contribution in [0.25, 0.3) is 6.08 Å². The fourth-order valence-electron chi connectivity index (χ4n) is 2.00. The number of hydrogen-bond acceptors (Lipinski definition) is 5. The first-order valence-corrected chi connectivity index (χ1v) is 8.06. The molecule has 0 spiro atoms. The molecule has 0 aliphatic carbocycles. The molecule has 6 nitrogen and oxygen atoms in total. The number of hydrogen-bond donors (Lipinski definition) is 2. The minimum atomic E-state index is -0.571. The van der Waals surface area contributed by atoms with Crippen LogP contribution in [0.1, 0.15) is 25.8 Å². The van der Waals surface area contributed by atoms with Crippen molar-refractivity contribution >= 4 is 46.8 Å². The molecule has 1 heterocycles. The predicted molar refractivity (Wildman–Crippen MR) is 95.2 cm³/mol. The zero-order valence-electron chi connectivity index (χ0n) is 13.4. The van der Waals surface area contributed by atoms with Crippen molar-refractivity contribution in [3.05, 3.63) is 28.3 Å². The number of carbonyl (C=O) groups is 2. The maximum absolute atomic E-state index is 11.9. The number of amides is 2. The Morgan fingerprint density at radius 1 is 1.29 bits per heavy atom. The molecule has 1 aromatic rings. The van der Waals surface area contributed by atoms with Gasteiger partial charge in [-0.25, -0.2) is 0 Å². The monoisotopic (exact) mass is 368 g/mol. The van der Waals surface area contributed by atoms with Gasteiger partial charge in [-0.2, -0.15) is 0 Å². The van der Waals surface area contributed by atoms with Crippen LogP contribution in [-0.4, -0.2) is 30.1 Å². The van der Waals surface area contributed by atoms with Gasteiger partial charge in [-0.3, -0.25) is 20.2 Å². The van der Waals surface area contributed by atoms with Gasteiger partial charge in [0.25, 0.3) is 11.8 Å². The lowest BCUT2D eigenvalue weighted by atomic mass is 10.1. The number of rotatable bonds is 5. The highest BCUT2D eigenvalue weighted by Crippen LogP contribution is 2.38. The molecule has 0 aromatic heterocycles. The van der Waals surface area contributed by atoms with Crippen molar-refractivity contribution in [2.24, 2.45) is 0 Å². The molecule has 1 fully saturated rings. The zero-order valence-corrected chi connectivity index (χ0v) is 15.0. The van der Waals surface area contributed by atoms with Crippen LogP contribution in [0.3, 0.4) is 0 Å². The molecule has 0 saturated carbocycles. The van der Waals surface area contributed by atoms with E-state index in [9.17, 15) is 9.59 Å². The fourth-order valence-corrected chi connectivity index (χ4v) is 2.44. The van der Waals surface area contributed by atoms with Gasteiger partial charge in [0.1, 0.15) is 5.57 Å². The second-order valence-electron chi connectivity index (χ2n) is 5.17. The van der Waals surface area contributed by atoms with Crippen molar-refractivity contribution in [3.63, 3.8) is 0 Å². The summed E-state index contributed by atoms with van der Waals surface area (Å²) < 4.78 is 11.1. The molecule has 128 valence electrons. The van der Waals surface area contributed by atoms with E-state index < -0.39 is 11.8 Å². The van der Waals surface area contributed by atoms with Gasteiger partial charge < -0.3 is 9.47 Å². The van der Waals surface area contributed by atoms with Gasteiger partial charge in [0.15, 0.2) is 16.6 Å². The highest BCUT2D eigenvalue weighted by Gasteiger charge is 2.26. The molecule has 0 bridgehead atoms. The lowest BCUT2D eigenvalue weighted by molar-refractivity contribution is -0.123. The SMILES string of the molecule is CC[C@@H](C)Oc1c(Cl)cc(C=C2C(=O)NC(=S)NC2=O)cc1OC. The number of carbonyl (C=O) groups excluding carboxylic acids is 2. The van der Waals surface area contributed by atoms with Gasteiger partial charge >= 0.3 is 0 Å². The van der Waals surface area contributed by atoms with Gasteiger partial charge in [0, 0.05) is 0 Å². The number of thiocarbonyl (C=S) groups is 1. The Labute approximate surface area is 150 Å². The van der Waals surface area contributed by atoms with Crippen LogP contribution in [0.4, 0.5) is 0 Å².